The molecule has 2 aliphatic rings. The van der Waals surface area contributed by atoms with Crippen LogP contribution in [0.25, 0.3) is 11.1 Å². The van der Waals surface area contributed by atoms with Crippen LogP contribution in [-0.4, -0.2) is 93.1 Å². The fourth-order valence-corrected chi connectivity index (χ4v) is 5.47. The van der Waals surface area contributed by atoms with E-state index in [4.69, 9.17) is 28.9 Å². The smallest absolute Gasteiger partial charge is 0.432 e. The van der Waals surface area contributed by atoms with Gasteiger partial charge in [0.1, 0.15) is 12.4 Å². The summed E-state index contributed by atoms with van der Waals surface area (Å²) in [6.45, 7) is 6.85. The van der Waals surface area contributed by atoms with E-state index in [2.05, 4.69) is 0 Å². The van der Waals surface area contributed by atoms with Crippen molar-refractivity contribution in [1.29, 1.82) is 0 Å². The Morgan fingerprint density at radius 1 is 0.796 bits per heavy atom. The van der Waals surface area contributed by atoms with Gasteiger partial charge in [-0.3, -0.25) is 19.2 Å². The maximum absolute atomic E-state index is 12.9. The van der Waals surface area contributed by atoms with E-state index >= 15 is 0 Å². The maximum atomic E-state index is 12.9. The summed E-state index contributed by atoms with van der Waals surface area (Å²) < 4.78 is 21.0. The van der Waals surface area contributed by atoms with Crippen LogP contribution in [0, 0.1) is 6.92 Å². The molecule has 12 heteroatoms. The molecule has 0 saturated carbocycles. The Hall–Kier alpha value is -3.97. The van der Waals surface area contributed by atoms with Gasteiger partial charge < -0.3 is 28.8 Å². The Bertz CT molecular complexity index is 1410. The standard InChI is InChI=1S/C28H31NO8.C9H18O3/c1-18-6-8-20-21-9-7-19(25(31)5-4-14-35-13-3-2-12-30)16-23(21)24(22(20)15-18)17-36-28(34)37-29-26(32)10-11-27(29)33;1-9(10)5-3-7-12-8-4-6-11-2/h6-9,15-16,24,30H,2-5,10-14,17H2,1H3;3-8H2,1-2H3. The lowest BCUT2D eigenvalue weighted by atomic mass is 9.94. The number of aliphatic hydroxyl groups excluding tert-OH is 1. The SMILES string of the molecule is COCCCOCCCC(C)=O.Cc1ccc2c(c1)C(COC(=O)ON1C(=O)CCC1=O)c1cc(C(=O)CCCOCCCCO)ccc1-2. The van der Waals surface area contributed by atoms with Crippen LogP contribution in [0.4, 0.5) is 4.79 Å². The largest absolute Gasteiger partial charge is 0.533 e. The fraction of sp³-hybridized carbons (Fsp3) is 0.541. The number of rotatable bonds is 20. The fourth-order valence-electron chi connectivity index (χ4n) is 5.47. The number of hydroxylamine groups is 2. The van der Waals surface area contributed by atoms with Crippen molar-refractivity contribution in [2.24, 2.45) is 0 Å². The van der Waals surface area contributed by atoms with Crippen LogP contribution in [-0.2, 0) is 38.2 Å². The molecule has 0 aromatic heterocycles. The molecule has 12 nitrogen and oxygen atoms in total. The molecule has 1 atom stereocenters. The number of ether oxygens (including phenoxy) is 4. The zero-order valence-corrected chi connectivity index (χ0v) is 28.8. The van der Waals surface area contributed by atoms with E-state index in [-0.39, 0.29) is 43.5 Å². The van der Waals surface area contributed by atoms with E-state index in [1.165, 1.54) is 0 Å². The van der Waals surface area contributed by atoms with Crippen LogP contribution in [0.5, 0.6) is 0 Å². The minimum absolute atomic E-state index is 0.000897. The molecular formula is C37H49NO11. The predicted molar refractivity (Wildman–Crippen MR) is 180 cm³/mol. The zero-order chi connectivity index (χ0) is 35.6. The minimum Gasteiger partial charge on any atom is -0.432 e. The average molecular weight is 684 g/mol. The number of ketones is 2. The molecule has 1 N–H and O–H groups in total. The Morgan fingerprint density at radius 2 is 1.41 bits per heavy atom. The zero-order valence-electron chi connectivity index (χ0n) is 28.8. The van der Waals surface area contributed by atoms with Crippen LogP contribution in [0.15, 0.2) is 36.4 Å². The molecule has 0 spiro atoms. The van der Waals surface area contributed by atoms with Gasteiger partial charge in [0.2, 0.25) is 0 Å². The molecule has 0 radical (unpaired) electrons. The molecule has 1 saturated heterocycles. The van der Waals surface area contributed by atoms with Gasteiger partial charge in [0.15, 0.2) is 5.78 Å². The number of Topliss-reactive ketones (excluding diaryl/α,β-unsaturated/α-hetero) is 2. The van der Waals surface area contributed by atoms with E-state index in [1.807, 2.05) is 43.3 Å². The normalized spacial score (nSPS) is 14.6. The Labute approximate surface area is 287 Å². The van der Waals surface area contributed by atoms with Crippen LogP contribution >= 0.6 is 0 Å². The monoisotopic (exact) mass is 683 g/mol. The number of carbonyl (C=O) groups is 5. The van der Waals surface area contributed by atoms with Gasteiger partial charge in [-0.1, -0.05) is 41.0 Å². The molecule has 49 heavy (non-hydrogen) atoms. The summed E-state index contributed by atoms with van der Waals surface area (Å²) in [5, 5.41) is 9.26. The quantitative estimate of drug-likeness (QED) is 0.0816. The van der Waals surface area contributed by atoms with Gasteiger partial charge in [-0.25, -0.2) is 4.79 Å². The number of imide groups is 1. The van der Waals surface area contributed by atoms with Crippen LogP contribution in [0.3, 0.4) is 0 Å². The maximum Gasteiger partial charge on any atom is 0.533 e. The van der Waals surface area contributed by atoms with Gasteiger partial charge in [-0.2, -0.15) is 0 Å². The number of aliphatic hydroxyl groups is 1. The van der Waals surface area contributed by atoms with Crippen molar-refractivity contribution in [1.82, 2.24) is 5.06 Å². The molecule has 1 aliphatic carbocycles. The third kappa shape index (κ3) is 12.8. The number of amides is 2. The van der Waals surface area contributed by atoms with Crippen LogP contribution in [0.2, 0.25) is 0 Å². The van der Waals surface area contributed by atoms with E-state index < -0.39 is 18.0 Å². The third-order valence-corrected chi connectivity index (χ3v) is 8.01. The number of hydrogen-bond acceptors (Lipinski definition) is 11. The second-order valence-electron chi connectivity index (χ2n) is 12.0. The van der Waals surface area contributed by atoms with E-state index in [9.17, 15) is 24.0 Å². The summed E-state index contributed by atoms with van der Waals surface area (Å²) in [6.07, 6.45) is 3.70. The lowest BCUT2D eigenvalue weighted by molar-refractivity contribution is -0.177. The summed E-state index contributed by atoms with van der Waals surface area (Å²) in [5.41, 5.74) is 5.42. The van der Waals surface area contributed by atoms with Crippen LogP contribution < -0.4 is 0 Å². The van der Waals surface area contributed by atoms with E-state index in [0.717, 1.165) is 60.3 Å². The van der Waals surface area contributed by atoms with Crippen molar-refractivity contribution in [2.45, 2.75) is 77.6 Å². The van der Waals surface area contributed by atoms with Crippen molar-refractivity contribution < 1.29 is 52.9 Å². The number of hydrogen-bond donors (Lipinski definition) is 1. The van der Waals surface area contributed by atoms with Crippen molar-refractivity contribution in [2.75, 3.05) is 53.4 Å². The summed E-state index contributed by atoms with van der Waals surface area (Å²) in [7, 11) is 1.68. The summed E-state index contributed by atoms with van der Waals surface area (Å²) in [4.78, 5) is 63.9. The molecule has 4 rings (SSSR count). The van der Waals surface area contributed by atoms with Gasteiger partial charge >= 0.3 is 6.16 Å². The van der Waals surface area contributed by atoms with E-state index in [1.54, 1.807) is 14.0 Å². The van der Waals surface area contributed by atoms with Gasteiger partial charge in [0.05, 0.1) is 0 Å². The third-order valence-electron chi connectivity index (χ3n) is 8.01. The molecule has 2 aromatic carbocycles. The summed E-state index contributed by atoms with van der Waals surface area (Å²) in [5.74, 6) is -1.25. The lowest BCUT2D eigenvalue weighted by Gasteiger charge is -2.17. The molecule has 1 unspecified atom stereocenters. The first-order chi connectivity index (χ1) is 23.7. The number of unbranched alkanes of at least 4 members (excludes halogenated alkanes) is 1. The highest BCUT2D eigenvalue weighted by molar-refractivity contribution is 6.01. The molecule has 2 aromatic rings. The highest BCUT2D eigenvalue weighted by Crippen LogP contribution is 2.45. The molecule has 1 aliphatic heterocycles. The highest BCUT2D eigenvalue weighted by atomic mass is 16.8. The van der Waals surface area contributed by atoms with Gasteiger partial charge in [0, 0.05) is 83.9 Å². The summed E-state index contributed by atoms with van der Waals surface area (Å²) >= 11 is 0. The minimum atomic E-state index is -1.13. The first-order valence-corrected chi connectivity index (χ1v) is 16.9. The molecule has 2 amide bonds. The second kappa shape index (κ2) is 21.2. The van der Waals surface area contributed by atoms with Crippen molar-refractivity contribution in [3.05, 3.63) is 58.7 Å². The van der Waals surface area contributed by atoms with Crippen LogP contribution in [0.1, 0.15) is 97.7 Å². The summed E-state index contributed by atoms with van der Waals surface area (Å²) in [6, 6.07) is 11.6. The Balaban J connectivity index is 0.000000463. The molecule has 1 heterocycles. The van der Waals surface area contributed by atoms with Crippen molar-refractivity contribution >= 4 is 29.5 Å². The number of benzene rings is 2. The average Bonchev–Trinajstić information content (AvgIpc) is 3.56. The van der Waals surface area contributed by atoms with Crippen molar-refractivity contribution in [3.63, 3.8) is 0 Å². The number of carbonyl (C=O) groups excluding carboxylic acids is 5. The Kier molecular flexibility index (Phi) is 17.1. The van der Waals surface area contributed by atoms with E-state index in [0.29, 0.717) is 56.1 Å². The first-order valence-electron chi connectivity index (χ1n) is 16.9. The lowest BCUT2D eigenvalue weighted by Crippen LogP contribution is -2.32. The number of nitrogens with zero attached hydrogens (tertiary/aromatic N) is 1. The van der Waals surface area contributed by atoms with Gasteiger partial charge in [0.25, 0.3) is 11.8 Å². The molecular weight excluding hydrogens is 634 g/mol. The Morgan fingerprint density at radius 3 is 2.06 bits per heavy atom. The molecule has 0 bridgehead atoms. The molecule has 1 fully saturated rings. The van der Waals surface area contributed by atoms with Gasteiger partial charge in [-0.05, 0) is 74.3 Å². The topological polar surface area (TPSA) is 155 Å². The number of fused-ring (bicyclic) bond motifs is 3. The predicted octanol–water partition coefficient (Wildman–Crippen LogP) is 5.49. The highest BCUT2D eigenvalue weighted by Gasteiger charge is 2.35. The second-order valence-corrected chi connectivity index (χ2v) is 12.0. The first kappa shape index (κ1) is 39.5. The van der Waals surface area contributed by atoms with Crippen molar-refractivity contribution in [3.8, 4) is 11.1 Å². The number of aryl methyl sites for hydroxylation is 1. The molecule has 268 valence electrons. The number of methoxy groups -OCH3 is 1. The van der Waals surface area contributed by atoms with Gasteiger partial charge in [-0.15, -0.1) is 0 Å².